The van der Waals surface area contributed by atoms with Gasteiger partial charge in [-0.3, -0.25) is 4.99 Å². The molecule has 0 heterocycles. The summed E-state index contributed by atoms with van der Waals surface area (Å²) < 4.78 is 38.8. The van der Waals surface area contributed by atoms with Crippen LogP contribution < -0.4 is 15.4 Å². The van der Waals surface area contributed by atoms with E-state index in [4.69, 9.17) is 0 Å². The minimum atomic E-state index is -3.29. The number of hydrogen-bond acceptors (Lipinski definition) is 3. The van der Waals surface area contributed by atoms with E-state index in [9.17, 15) is 12.8 Å². The molecule has 2 rings (SSSR count). The first-order valence-corrected chi connectivity index (χ1v) is 10.1. The average Bonchev–Trinajstić information content (AvgIpc) is 3.26. The zero-order chi connectivity index (χ0) is 18.7. The Balaban J connectivity index is 1.91. The van der Waals surface area contributed by atoms with Crippen LogP contribution in [0.3, 0.4) is 0 Å². The molecular weight excluding hydrogens is 343 g/mol. The maximum absolute atomic E-state index is 13.5. The van der Waals surface area contributed by atoms with Gasteiger partial charge in [0, 0.05) is 31.1 Å². The van der Waals surface area contributed by atoms with Crippen LogP contribution >= 0.6 is 0 Å². The van der Waals surface area contributed by atoms with Crippen molar-refractivity contribution in [1.82, 2.24) is 15.4 Å². The molecule has 1 aromatic rings. The van der Waals surface area contributed by atoms with Crippen LogP contribution in [0.15, 0.2) is 29.3 Å². The molecule has 0 spiro atoms. The number of rotatable bonds is 7. The Kier molecular flexibility index (Phi) is 5.73. The SMILES string of the molecule is CN=C(NCC(C)(C)NS(C)(=O)=O)NCC1(c2cccc(F)c2)CC1. The largest absolute Gasteiger partial charge is 0.356 e. The zero-order valence-corrected chi connectivity index (χ0v) is 16.0. The van der Waals surface area contributed by atoms with Gasteiger partial charge in [0.1, 0.15) is 5.82 Å². The molecule has 0 bridgehead atoms. The second kappa shape index (κ2) is 7.29. The second-order valence-corrected chi connectivity index (χ2v) is 9.08. The normalized spacial score (nSPS) is 17.2. The monoisotopic (exact) mass is 370 g/mol. The molecule has 0 radical (unpaired) electrons. The summed E-state index contributed by atoms with van der Waals surface area (Å²) in [5, 5.41) is 6.40. The van der Waals surface area contributed by atoms with E-state index in [0.29, 0.717) is 19.0 Å². The summed E-state index contributed by atoms with van der Waals surface area (Å²) in [6.45, 7) is 4.62. The van der Waals surface area contributed by atoms with Gasteiger partial charge in [0.05, 0.1) is 6.26 Å². The van der Waals surface area contributed by atoms with Crippen LogP contribution in [0.4, 0.5) is 4.39 Å². The highest BCUT2D eigenvalue weighted by atomic mass is 32.2. The maximum atomic E-state index is 13.5. The minimum Gasteiger partial charge on any atom is -0.356 e. The lowest BCUT2D eigenvalue weighted by Gasteiger charge is -2.27. The molecule has 1 aliphatic rings. The quantitative estimate of drug-likeness (QED) is 0.500. The van der Waals surface area contributed by atoms with Gasteiger partial charge >= 0.3 is 0 Å². The number of nitrogens with one attached hydrogen (secondary N) is 3. The molecule has 0 aliphatic heterocycles. The standard InChI is InChI=1S/C17H27FN4O2S/c1-16(2,22-25(4,23)24)11-20-15(19-3)21-12-17(8-9-17)13-6-5-7-14(18)10-13/h5-7,10,22H,8-9,11-12H2,1-4H3,(H2,19,20,21). The van der Waals surface area contributed by atoms with Crippen LogP contribution in [0.2, 0.25) is 0 Å². The molecule has 1 aromatic carbocycles. The molecular formula is C17H27FN4O2S. The molecule has 25 heavy (non-hydrogen) atoms. The summed E-state index contributed by atoms with van der Waals surface area (Å²) in [5.41, 5.74) is 0.292. The Morgan fingerprint density at radius 2 is 2.00 bits per heavy atom. The first-order valence-electron chi connectivity index (χ1n) is 8.25. The van der Waals surface area contributed by atoms with Crippen molar-refractivity contribution in [3.8, 4) is 0 Å². The summed E-state index contributed by atoms with van der Waals surface area (Å²) in [6.07, 6.45) is 3.14. The highest BCUT2D eigenvalue weighted by Gasteiger charge is 2.44. The van der Waals surface area contributed by atoms with Crippen LogP contribution in [-0.4, -0.2) is 46.3 Å². The summed E-state index contributed by atoms with van der Waals surface area (Å²) in [6, 6.07) is 6.72. The lowest BCUT2D eigenvalue weighted by molar-refractivity contribution is 0.446. The van der Waals surface area contributed by atoms with Crippen LogP contribution in [0, 0.1) is 5.82 Å². The first-order chi connectivity index (χ1) is 11.6. The van der Waals surface area contributed by atoms with Crippen LogP contribution in [0.5, 0.6) is 0 Å². The van der Waals surface area contributed by atoms with E-state index < -0.39 is 15.6 Å². The summed E-state index contributed by atoms with van der Waals surface area (Å²) >= 11 is 0. The van der Waals surface area contributed by atoms with Crippen molar-refractivity contribution in [2.75, 3.05) is 26.4 Å². The number of nitrogens with zero attached hydrogens (tertiary/aromatic N) is 1. The van der Waals surface area contributed by atoms with E-state index in [2.05, 4.69) is 20.3 Å². The fraction of sp³-hybridized carbons (Fsp3) is 0.588. The molecule has 3 N–H and O–H groups in total. The number of halogens is 1. The molecule has 0 atom stereocenters. The maximum Gasteiger partial charge on any atom is 0.209 e. The van der Waals surface area contributed by atoms with E-state index in [-0.39, 0.29) is 11.2 Å². The molecule has 1 saturated carbocycles. The fourth-order valence-electron chi connectivity index (χ4n) is 2.85. The van der Waals surface area contributed by atoms with Gasteiger partial charge < -0.3 is 10.6 Å². The van der Waals surface area contributed by atoms with Crippen LogP contribution in [-0.2, 0) is 15.4 Å². The van der Waals surface area contributed by atoms with Crippen molar-refractivity contribution in [3.63, 3.8) is 0 Å². The molecule has 0 saturated heterocycles. The molecule has 8 heteroatoms. The molecule has 0 unspecified atom stereocenters. The van der Waals surface area contributed by atoms with E-state index in [0.717, 1.165) is 24.7 Å². The first kappa shape index (κ1) is 19.7. The van der Waals surface area contributed by atoms with Crippen molar-refractivity contribution >= 4 is 16.0 Å². The van der Waals surface area contributed by atoms with Gasteiger partial charge in [0.25, 0.3) is 0 Å². The smallest absolute Gasteiger partial charge is 0.209 e. The van der Waals surface area contributed by atoms with E-state index in [1.807, 2.05) is 6.07 Å². The Morgan fingerprint density at radius 3 is 2.52 bits per heavy atom. The van der Waals surface area contributed by atoms with Gasteiger partial charge in [-0.1, -0.05) is 12.1 Å². The summed E-state index contributed by atoms with van der Waals surface area (Å²) in [7, 11) is -1.63. The lowest BCUT2D eigenvalue weighted by Crippen LogP contribution is -2.53. The van der Waals surface area contributed by atoms with E-state index >= 15 is 0 Å². The topological polar surface area (TPSA) is 82.6 Å². The summed E-state index contributed by atoms with van der Waals surface area (Å²) in [4.78, 5) is 4.17. The number of aliphatic imine (C=N–C) groups is 1. The molecule has 140 valence electrons. The zero-order valence-electron chi connectivity index (χ0n) is 15.2. The third kappa shape index (κ3) is 5.97. The van der Waals surface area contributed by atoms with Crippen molar-refractivity contribution < 1.29 is 12.8 Å². The van der Waals surface area contributed by atoms with Gasteiger partial charge in [-0.15, -0.1) is 0 Å². The van der Waals surface area contributed by atoms with Crippen molar-refractivity contribution in [1.29, 1.82) is 0 Å². The number of benzene rings is 1. The highest BCUT2D eigenvalue weighted by Crippen LogP contribution is 2.47. The van der Waals surface area contributed by atoms with Gasteiger partial charge in [-0.2, -0.15) is 0 Å². The average molecular weight is 370 g/mol. The number of hydrogen-bond donors (Lipinski definition) is 3. The number of sulfonamides is 1. The van der Waals surface area contributed by atoms with Crippen molar-refractivity contribution in [2.24, 2.45) is 4.99 Å². The molecule has 0 aromatic heterocycles. The molecule has 0 amide bonds. The van der Waals surface area contributed by atoms with Crippen molar-refractivity contribution in [2.45, 2.75) is 37.6 Å². The van der Waals surface area contributed by atoms with E-state index in [1.54, 1.807) is 33.0 Å². The molecule has 6 nitrogen and oxygen atoms in total. The Morgan fingerprint density at radius 1 is 1.32 bits per heavy atom. The number of guanidine groups is 1. The summed E-state index contributed by atoms with van der Waals surface area (Å²) in [5.74, 6) is 0.367. The third-order valence-corrected chi connectivity index (χ3v) is 5.19. The minimum absolute atomic E-state index is 0.0553. The predicted molar refractivity (Wildman–Crippen MR) is 98.7 cm³/mol. The van der Waals surface area contributed by atoms with E-state index in [1.165, 1.54) is 6.07 Å². The van der Waals surface area contributed by atoms with Crippen LogP contribution in [0.25, 0.3) is 0 Å². The highest BCUT2D eigenvalue weighted by molar-refractivity contribution is 7.88. The Bertz CT molecular complexity index is 743. The third-order valence-electron chi connectivity index (χ3n) is 4.27. The second-order valence-electron chi connectivity index (χ2n) is 7.33. The van der Waals surface area contributed by atoms with Crippen LogP contribution in [0.1, 0.15) is 32.3 Å². The van der Waals surface area contributed by atoms with Gasteiger partial charge in [0.15, 0.2) is 5.96 Å². The van der Waals surface area contributed by atoms with Gasteiger partial charge in [0.2, 0.25) is 10.0 Å². The Labute approximate surface area is 149 Å². The molecule has 1 fully saturated rings. The Hall–Kier alpha value is -1.67. The lowest BCUT2D eigenvalue weighted by atomic mass is 9.96. The van der Waals surface area contributed by atoms with Crippen molar-refractivity contribution in [3.05, 3.63) is 35.6 Å². The predicted octanol–water partition coefficient (Wildman–Crippen LogP) is 1.35. The molecule has 1 aliphatic carbocycles. The van der Waals surface area contributed by atoms with Gasteiger partial charge in [-0.25, -0.2) is 17.5 Å². The fourth-order valence-corrected chi connectivity index (χ4v) is 3.93. The van der Waals surface area contributed by atoms with Gasteiger partial charge in [-0.05, 0) is 44.4 Å².